The van der Waals surface area contributed by atoms with Crippen LogP contribution in [0.5, 0.6) is 0 Å². The summed E-state index contributed by atoms with van der Waals surface area (Å²) < 4.78 is 0. The van der Waals surface area contributed by atoms with Crippen molar-refractivity contribution in [2.75, 3.05) is 45.8 Å². The van der Waals surface area contributed by atoms with Crippen LogP contribution in [0.15, 0.2) is 17.5 Å². The zero-order chi connectivity index (χ0) is 16.2. The largest absolute Gasteiger partial charge is 0.393 e. The van der Waals surface area contributed by atoms with Gasteiger partial charge in [-0.15, -0.1) is 11.3 Å². The second-order valence-electron chi connectivity index (χ2n) is 6.16. The normalized spacial score (nSPS) is 20.7. The Kier molecular flexibility index (Phi) is 5.30. The van der Waals surface area contributed by atoms with Gasteiger partial charge < -0.3 is 14.9 Å². The summed E-state index contributed by atoms with van der Waals surface area (Å²) in [5, 5.41) is 11.4. The van der Waals surface area contributed by atoms with Gasteiger partial charge in [-0.1, -0.05) is 6.07 Å². The first-order valence-corrected chi connectivity index (χ1v) is 9.02. The number of aliphatic hydroxyl groups is 1. The van der Waals surface area contributed by atoms with Crippen molar-refractivity contribution in [2.24, 2.45) is 0 Å². The minimum absolute atomic E-state index is 0.0668. The number of hydrogen-bond acceptors (Lipinski definition) is 5. The van der Waals surface area contributed by atoms with E-state index in [1.807, 2.05) is 27.3 Å². The number of piperazine rings is 1. The lowest BCUT2D eigenvalue weighted by atomic mass is 10.1. The molecule has 3 heterocycles. The van der Waals surface area contributed by atoms with Crippen LogP contribution in [-0.2, 0) is 4.79 Å². The van der Waals surface area contributed by atoms with Crippen LogP contribution in [0.1, 0.15) is 22.5 Å². The first-order valence-electron chi connectivity index (χ1n) is 8.14. The Labute approximate surface area is 140 Å². The molecule has 2 aliphatic heterocycles. The summed E-state index contributed by atoms with van der Waals surface area (Å²) in [6.45, 7) is 4.39. The fourth-order valence-corrected chi connectivity index (χ4v) is 3.77. The van der Waals surface area contributed by atoms with E-state index in [4.69, 9.17) is 0 Å². The van der Waals surface area contributed by atoms with Crippen molar-refractivity contribution in [3.8, 4) is 0 Å². The SMILES string of the molecule is O=C(CN1CCC(O)CC1)N1CCN(C(=O)c2cccs2)CC1. The van der Waals surface area contributed by atoms with E-state index in [9.17, 15) is 14.7 Å². The lowest BCUT2D eigenvalue weighted by Gasteiger charge is -2.36. The predicted octanol–water partition coefficient (Wildman–Crippen LogP) is 0.489. The van der Waals surface area contributed by atoms with E-state index in [-0.39, 0.29) is 17.9 Å². The molecule has 1 aromatic heterocycles. The van der Waals surface area contributed by atoms with Gasteiger partial charge in [0.2, 0.25) is 5.91 Å². The van der Waals surface area contributed by atoms with E-state index in [2.05, 4.69) is 4.90 Å². The number of nitrogens with zero attached hydrogens (tertiary/aromatic N) is 3. The quantitative estimate of drug-likeness (QED) is 0.872. The molecular weight excluding hydrogens is 314 g/mol. The number of amides is 2. The lowest BCUT2D eigenvalue weighted by molar-refractivity contribution is -0.134. The number of likely N-dealkylation sites (tertiary alicyclic amines) is 1. The molecule has 0 saturated carbocycles. The zero-order valence-electron chi connectivity index (χ0n) is 13.2. The molecule has 126 valence electrons. The summed E-state index contributed by atoms with van der Waals surface area (Å²) in [5.74, 6) is 0.196. The zero-order valence-corrected chi connectivity index (χ0v) is 14.0. The minimum atomic E-state index is -0.215. The standard InChI is InChI=1S/C16H23N3O3S/c20-13-3-5-17(6-4-13)12-15(21)18-7-9-19(10-8-18)16(22)14-2-1-11-23-14/h1-2,11,13,20H,3-10,12H2. The average Bonchev–Trinajstić information content (AvgIpc) is 3.11. The molecule has 0 bridgehead atoms. The molecule has 0 radical (unpaired) electrons. The average molecular weight is 337 g/mol. The molecule has 1 aromatic rings. The summed E-state index contributed by atoms with van der Waals surface area (Å²) in [6.07, 6.45) is 1.28. The smallest absolute Gasteiger partial charge is 0.264 e. The van der Waals surface area contributed by atoms with Crippen LogP contribution in [0, 0.1) is 0 Å². The molecular formula is C16H23N3O3S. The van der Waals surface area contributed by atoms with E-state index in [0.717, 1.165) is 30.8 Å². The Hall–Kier alpha value is -1.44. The van der Waals surface area contributed by atoms with Gasteiger partial charge in [0.05, 0.1) is 17.5 Å². The highest BCUT2D eigenvalue weighted by molar-refractivity contribution is 7.12. The van der Waals surface area contributed by atoms with Gasteiger partial charge in [0.1, 0.15) is 0 Å². The molecule has 1 N–H and O–H groups in total. The molecule has 0 atom stereocenters. The maximum Gasteiger partial charge on any atom is 0.264 e. The number of rotatable bonds is 3. The number of carbonyl (C=O) groups excluding carboxylic acids is 2. The van der Waals surface area contributed by atoms with Gasteiger partial charge in [-0.05, 0) is 24.3 Å². The molecule has 2 saturated heterocycles. The summed E-state index contributed by atoms with van der Waals surface area (Å²) in [5.41, 5.74) is 0. The van der Waals surface area contributed by atoms with Crippen LogP contribution in [-0.4, -0.2) is 83.5 Å². The summed E-state index contributed by atoms with van der Waals surface area (Å²) in [7, 11) is 0. The van der Waals surface area contributed by atoms with Crippen LogP contribution >= 0.6 is 11.3 Å². The van der Waals surface area contributed by atoms with E-state index < -0.39 is 0 Å². The van der Waals surface area contributed by atoms with E-state index >= 15 is 0 Å². The number of thiophene rings is 1. The van der Waals surface area contributed by atoms with Gasteiger partial charge in [-0.3, -0.25) is 14.5 Å². The lowest BCUT2D eigenvalue weighted by Crippen LogP contribution is -2.53. The molecule has 7 heteroatoms. The van der Waals surface area contributed by atoms with Crippen LogP contribution < -0.4 is 0 Å². The third kappa shape index (κ3) is 4.10. The molecule has 0 aliphatic carbocycles. The van der Waals surface area contributed by atoms with E-state index in [0.29, 0.717) is 32.7 Å². The Morgan fingerprint density at radius 3 is 2.35 bits per heavy atom. The number of piperidine rings is 1. The van der Waals surface area contributed by atoms with Crippen molar-refractivity contribution in [3.05, 3.63) is 22.4 Å². The number of carbonyl (C=O) groups is 2. The van der Waals surface area contributed by atoms with Crippen molar-refractivity contribution in [2.45, 2.75) is 18.9 Å². The number of aliphatic hydroxyl groups excluding tert-OH is 1. The highest BCUT2D eigenvalue weighted by atomic mass is 32.1. The molecule has 2 fully saturated rings. The summed E-state index contributed by atoms with van der Waals surface area (Å²) >= 11 is 1.46. The van der Waals surface area contributed by atoms with Crippen LogP contribution in [0.25, 0.3) is 0 Å². The fraction of sp³-hybridized carbons (Fsp3) is 0.625. The highest BCUT2D eigenvalue weighted by Crippen LogP contribution is 2.14. The fourth-order valence-electron chi connectivity index (χ4n) is 3.08. The van der Waals surface area contributed by atoms with Gasteiger partial charge in [-0.25, -0.2) is 0 Å². The summed E-state index contributed by atoms with van der Waals surface area (Å²) in [6, 6.07) is 3.72. The Bertz CT molecular complexity index is 533. The molecule has 0 aromatic carbocycles. The number of hydrogen-bond donors (Lipinski definition) is 1. The van der Waals surface area contributed by atoms with Gasteiger partial charge in [-0.2, -0.15) is 0 Å². The maximum absolute atomic E-state index is 12.4. The van der Waals surface area contributed by atoms with Crippen LogP contribution in [0.3, 0.4) is 0 Å². The van der Waals surface area contributed by atoms with E-state index in [1.54, 1.807) is 0 Å². The van der Waals surface area contributed by atoms with Gasteiger partial charge in [0, 0.05) is 39.3 Å². The van der Waals surface area contributed by atoms with Gasteiger partial charge >= 0.3 is 0 Å². The molecule has 23 heavy (non-hydrogen) atoms. The van der Waals surface area contributed by atoms with Crippen molar-refractivity contribution in [3.63, 3.8) is 0 Å². The van der Waals surface area contributed by atoms with Crippen molar-refractivity contribution in [1.82, 2.24) is 14.7 Å². The molecule has 2 aliphatic rings. The first-order chi connectivity index (χ1) is 11.1. The molecule has 0 unspecified atom stereocenters. The van der Waals surface area contributed by atoms with Gasteiger partial charge in [0.25, 0.3) is 5.91 Å². The second-order valence-corrected chi connectivity index (χ2v) is 7.11. The molecule has 0 spiro atoms. The Morgan fingerprint density at radius 1 is 1.09 bits per heavy atom. The topological polar surface area (TPSA) is 64.1 Å². The van der Waals surface area contributed by atoms with E-state index in [1.165, 1.54) is 11.3 Å². The highest BCUT2D eigenvalue weighted by Gasteiger charge is 2.27. The Balaban J connectivity index is 1.45. The summed E-state index contributed by atoms with van der Waals surface area (Å²) in [4.78, 5) is 31.2. The second kappa shape index (κ2) is 7.42. The molecule has 2 amide bonds. The minimum Gasteiger partial charge on any atom is -0.393 e. The third-order valence-electron chi connectivity index (χ3n) is 4.57. The predicted molar refractivity (Wildman–Crippen MR) is 88.5 cm³/mol. The third-order valence-corrected chi connectivity index (χ3v) is 5.43. The monoisotopic (exact) mass is 337 g/mol. The Morgan fingerprint density at radius 2 is 1.74 bits per heavy atom. The van der Waals surface area contributed by atoms with Crippen molar-refractivity contribution < 1.29 is 14.7 Å². The maximum atomic E-state index is 12.4. The van der Waals surface area contributed by atoms with Crippen molar-refractivity contribution >= 4 is 23.2 Å². The van der Waals surface area contributed by atoms with Crippen LogP contribution in [0.2, 0.25) is 0 Å². The molecule has 6 nitrogen and oxygen atoms in total. The van der Waals surface area contributed by atoms with Crippen LogP contribution in [0.4, 0.5) is 0 Å². The van der Waals surface area contributed by atoms with Gasteiger partial charge in [0.15, 0.2) is 0 Å². The first kappa shape index (κ1) is 16.4. The van der Waals surface area contributed by atoms with Crippen molar-refractivity contribution in [1.29, 1.82) is 0 Å². The molecule has 3 rings (SSSR count).